The number of anilines is 3. The number of nitrogens with zero attached hydrogens (tertiary/aromatic N) is 3. The lowest BCUT2D eigenvalue weighted by Gasteiger charge is -2.32. The summed E-state index contributed by atoms with van der Waals surface area (Å²) in [6.07, 6.45) is 3.90. The first-order valence-corrected chi connectivity index (χ1v) is 9.18. The Morgan fingerprint density at radius 3 is 2.46 bits per heavy atom. The number of fused-ring (bicyclic) bond motifs is 1. The molecule has 134 valence electrons. The fourth-order valence-electron chi connectivity index (χ4n) is 3.51. The summed E-state index contributed by atoms with van der Waals surface area (Å²) in [6, 6.07) is 14.5. The topological polar surface area (TPSA) is 50.2 Å². The monoisotopic (exact) mass is 348 g/mol. The molecule has 1 aliphatic rings. The van der Waals surface area contributed by atoms with Gasteiger partial charge in [-0.3, -0.25) is 4.79 Å². The first-order valence-electron chi connectivity index (χ1n) is 9.18. The summed E-state index contributed by atoms with van der Waals surface area (Å²) in [5, 5.41) is 3.42. The summed E-state index contributed by atoms with van der Waals surface area (Å²) in [5.74, 6) is 0.841. The molecule has 26 heavy (non-hydrogen) atoms. The van der Waals surface area contributed by atoms with Crippen molar-refractivity contribution in [1.82, 2.24) is 9.55 Å². The minimum atomic E-state index is -0.0964. The Kier molecular flexibility index (Phi) is 4.37. The maximum absolute atomic E-state index is 11.7. The molecule has 0 aliphatic carbocycles. The fourth-order valence-corrected chi connectivity index (χ4v) is 3.51. The van der Waals surface area contributed by atoms with Crippen LogP contribution < -0.4 is 15.8 Å². The summed E-state index contributed by atoms with van der Waals surface area (Å²) >= 11 is 0. The average molecular weight is 348 g/mol. The Labute approximate surface area is 153 Å². The van der Waals surface area contributed by atoms with Gasteiger partial charge in [-0.05, 0) is 61.2 Å². The van der Waals surface area contributed by atoms with Gasteiger partial charge in [0.1, 0.15) is 0 Å². The van der Waals surface area contributed by atoms with Crippen molar-refractivity contribution in [3.63, 3.8) is 0 Å². The molecule has 2 aromatic carbocycles. The number of nitrogens with one attached hydrogen (secondary N) is 1. The lowest BCUT2D eigenvalue weighted by molar-refractivity contribution is 0.438. The minimum absolute atomic E-state index is 0.0964. The second kappa shape index (κ2) is 6.83. The molecule has 1 N–H and O–H groups in total. The van der Waals surface area contributed by atoms with Crippen LogP contribution in [0.2, 0.25) is 0 Å². The quantitative estimate of drug-likeness (QED) is 0.779. The Bertz CT molecular complexity index is 969. The number of hydrogen-bond acceptors (Lipinski definition) is 4. The highest BCUT2D eigenvalue weighted by Gasteiger charge is 2.15. The van der Waals surface area contributed by atoms with Gasteiger partial charge in [0, 0.05) is 37.2 Å². The van der Waals surface area contributed by atoms with Crippen molar-refractivity contribution in [1.29, 1.82) is 0 Å². The molecule has 4 rings (SSSR count). The van der Waals surface area contributed by atoms with E-state index in [9.17, 15) is 4.79 Å². The average Bonchev–Trinajstić information content (AvgIpc) is 2.66. The molecule has 0 radical (unpaired) electrons. The van der Waals surface area contributed by atoms with E-state index in [4.69, 9.17) is 0 Å². The van der Waals surface area contributed by atoms with Gasteiger partial charge in [-0.1, -0.05) is 6.92 Å². The molecule has 1 aromatic heterocycles. The molecule has 1 aliphatic heterocycles. The van der Waals surface area contributed by atoms with E-state index >= 15 is 0 Å². The van der Waals surface area contributed by atoms with E-state index in [-0.39, 0.29) is 5.56 Å². The molecule has 0 atom stereocenters. The maximum atomic E-state index is 11.7. The summed E-state index contributed by atoms with van der Waals surface area (Å²) < 4.78 is 1.61. The molecule has 0 bridgehead atoms. The van der Waals surface area contributed by atoms with Crippen molar-refractivity contribution in [2.75, 3.05) is 23.3 Å². The van der Waals surface area contributed by atoms with Crippen LogP contribution >= 0.6 is 0 Å². The van der Waals surface area contributed by atoms with Crippen molar-refractivity contribution >= 4 is 28.1 Å². The van der Waals surface area contributed by atoms with E-state index in [0.29, 0.717) is 0 Å². The molecule has 0 amide bonds. The van der Waals surface area contributed by atoms with E-state index in [1.54, 1.807) is 11.6 Å². The van der Waals surface area contributed by atoms with E-state index in [1.165, 1.54) is 24.7 Å². The van der Waals surface area contributed by atoms with Crippen LogP contribution in [0.15, 0.2) is 53.5 Å². The second-order valence-electron chi connectivity index (χ2n) is 7.20. The van der Waals surface area contributed by atoms with Crippen LogP contribution in [0.3, 0.4) is 0 Å². The van der Waals surface area contributed by atoms with Gasteiger partial charge in [-0.2, -0.15) is 0 Å². The standard InChI is InChI=1S/C21H24N4O/c1-15-9-11-25(12-10-15)18-6-3-16(4-7-18)23-17-5-8-20-19(13-17)22-14-21(26)24(20)2/h3-8,13-15,23H,9-12H2,1-2H3. The van der Waals surface area contributed by atoms with E-state index in [1.807, 2.05) is 18.2 Å². The summed E-state index contributed by atoms with van der Waals surface area (Å²) in [4.78, 5) is 18.4. The molecule has 1 fully saturated rings. The smallest absolute Gasteiger partial charge is 0.269 e. The highest BCUT2D eigenvalue weighted by molar-refractivity contribution is 5.80. The van der Waals surface area contributed by atoms with Crippen LogP contribution in [0.1, 0.15) is 19.8 Å². The van der Waals surface area contributed by atoms with Crippen molar-refractivity contribution in [2.45, 2.75) is 19.8 Å². The number of aryl methyl sites for hydroxylation is 1. The molecule has 0 saturated carbocycles. The van der Waals surface area contributed by atoms with Crippen LogP contribution in [0.4, 0.5) is 17.1 Å². The number of benzene rings is 2. The highest BCUT2D eigenvalue weighted by Crippen LogP contribution is 2.26. The molecule has 0 spiro atoms. The molecule has 5 nitrogen and oxygen atoms in total. The molecule has 5 heteroatoms. The number of aromatic nitrogens is 2. The zero-order valence-electron chi connectivity index (χ0n) is 15.3. The SMILES string of the molecule is CC1CCN(c2ccc(Nc3ccc4c(c3)ncc(=O)n4C)cc2)CC1. The third-order valence-electron chi connectivity index (χ3n) is 5.29. The number of piperidine rings is 1. The van der Waals surface area contributed by atoms with Crippen molar-refractivity contribution in [3.8, 4) is 0 Å². The first-order chi connectivity index (χ1) is 12.6. The molecular formula is C21H24N4O. The summed E-state index contributed by atoms with van der Waals surface area (Å²) in [6.45, 7) is 4.62. The van der Waals surface area contributed by atoms with Gasteiger partial charge < -0.3 is 14.8 Å². The van der Waals surface area contributed by atoms with E-state index in [0.717, 1.165) is 41.4 Å². The van der Waals surface area contributed by atoms with Crippen molar-refractivity contribution in [2.24, 2.45) is 13.0 Å². The largest absolute Gasteiger partial charge is 0.372 e. The molecule has 1 saturated heterocycles. The predicted octanol–water partition coefficient (Wildman–Crippen LogP) is 3.91. The molecule has 2 heterocycles. The van der Waals surface area contributed by atoms with Crippen LogP contribution in [0, 0.1) is 5.92 Å². The molecule has 3 aromatic rings. The van der Waals surface area contributed by atoms with E-state index in [2.05, 4.69) is 46.4 Å². The van der Waals surface area contributed by atoms with Gasteiger partial charge in [0.05, 0.1) is 17.2 Å². The van der Waals surface area contributed by atoms with Gasteiger partial charge in [0.2, 0.25) is 0 Å². The maximum Gasteiger partial charge on any atom is 0.269 e. The normalized spacial score (nSPS) is 15.4. The van der Waals surface area contributed by atoms with Gasteiger partial charge in [0.15, 0.2) is 0 Å². The second-order valence-corrected chi connectivity index (χ2v) is 7.20. The van der Waals surface area contributed by atoms with Crippen LogP contribution in [0.5, 0.6) is 0 Å². The Morgan fingerprint density at radius 2 is 1.73 bits per heavy atom. The van der Waals surface area contributed by atoms with Gasteiger partial charge >= 0.3 is 0 Å². The molecular weight excluding hydrogens is 324 g/mol. The summed E-state index contributed by atoms with van der Waals surface area (Å²) in [5.41, 5.74) is 4.83. The Morgan fingerprint density at radius 1 is 1.04 bits per heavy atom. The lowest BCUT2D eigenvalue weighted by Crippen LogP contribution is -2.32. The van der Waals surface area contributed by atoms with Gasteiger partial charge in [-0.25, -0.2) is 4.98 Å². The molecule has 0 unspecified atom stereocenters. The lowest BCUT2D eigenvalue weighted by atomic mass is 9.99. The van der Waals surface area contributed by atoms with Crippen molar-refractivity contribution in [3.05, 3.63) is 59.0 Å². The summed E-state index contributed by atoms with van der Waals surface area (Å²) in [7, 11) is 1.76. The zero-order valence-corrected chi connectivity index (χ0v) is 15.3. The van der Waals surface area contributed by atoms with Gasteiger partial charge in [0.25, 0.3) is 5.56 Å². The van der Waals surface area contributed by atoms with Crippen LogP contribution in [-0.2, 0) is 7.05 Å². The third-order valence-corrected chi connectivity index (χ3v) is 5.29. The number of rotatable bonds is 3. The van der Waals surface area contributed by atoms with Crippen LogP contribution in [-0.4, -0.2) is 22.6 Å². The van der Waals surface area contributed by atoms with Crippen LogP contribution in [0.25, 0.3) is 11.0 Å². The highest BCUT2D eigenvalue weighted by atomic mass is 16.1. The van der Waals surface area contributed by atoms with Crippen molar-refractivity contribution < 1.29 is 0 Å². The Balaban J connectivity index is 1.51. The fraction of sp³-hybridized carbons (Fsp3) is 0.333. The first kappa shape index (κ1) is 16.6. The third kappa shape index (κ3) is 3.29. The van der Waals surface area contributed by atoms with E-state index < -0.39 is 0 Å². The Hall–Kier alpha value is -2.82. The zero-order chi connectivity index (χ0) is 18.1. The minimum Gasteiger partial charge on any atom is -0.372 e. The predicted molar refractivity (Wildman–Crippen MR) is 107 cm³/mol. The number of hydrogen-bond donors (Lipinski definition) is 1. The van der Waals surface area contributed by atoms with Gasteiger partial charge in [-0.15, -0.1) is 0 Å².